The van der Waals surface area contributed by atoms with Gasteiger partial charge in [-0.25, -0.2) is 0 Å². The van der Waals surface area contributed by atoms with Crippen LogP contribution in [-0.2, 0) is 4.79 Å². The molecule has 1 aromatic carbocycles. The maximum absolute atomic E-state index is 11.2. The predicted octanol–water partition coefficient (Wildman–Crippen LogP) is 2.25. The Labute approximate surface area is 88.0 Å². The molecule has 1 saturated carbocycles. The van der Waals surface area contributed by atoms with Crippen LogP contribution in [0.25, 0.3) is 0 Å². The normalized spacial score (nSPS) is 23.5. The highest BCUT2D eigenvalue weighted by atomic mass is 16.7. The van der Waals surface area contributed by atoms with Crippen LogP contribution in [0.1, 0.15) is 30.7 Å². The van der Waals surface area contributed by atoms with Gasteiger partial charge in [-0.1, -0.05) is 6.07 Å². The van der Waals surface area contributed by atoms with E-state index < -0.39 is 0 Å². The smallest absolute Gasteiger partial charge is 0.231 e. The maximum Gasteiger partial charge on any atom is 0.231 e. The van der Waals surface area contributed by atoms with E-state index in [0.29, 0.717) is 24.9 Å². The number of rotatable bonds is 1. The van der Waals surface area contributed by atoms with Crippen molar-refractivity contribution in [2.75, 3.05) is 6.79 Å². The Bertz CT molecular complexity index is 411. The van der Waals surface area contributed by atoms with Crippen molar-refractivity contribution in [3.05, 3.63) is 23.8 Å². The van der Waals surface area contributed by atoms with Crippen LogP contribution in [0.15, 0.2) is 18.2 Å². The van der Waals surface area contributed by atoms with Gasteiger partial charge in [0.25, 0.3) is 0 Å². The van der Waals surface area contributed by atoms with Crippen LogP contribution in [0.5, 0.6) is 11.5 Å². The Kier molecular flexibility index (Phi) is 1.91. The third kappa shape index (κ3) is 1.48. The molecule has 1 heterocycles. The monoisotopic (exact) mass is 204 g/mol. The van der Waals surface area contributed by atoms with Gasteiger partial charge in [0.15, 0.2) is 11.5 Å². The van der Waals surface area contributed by atoms with Gasteiger partial charge in [-0.05, 0) is 30.0 Å². The van der Waals surface area contributed by atoms with Crippen LogP contribution < -0.4 is 9.47 Å². The maximum atomic E-state index is 11.2. The summed E-state index contributed by atoms with van der Waals surface area (Å²) in [6.45, 7) is 0.308. The summed E-state index contributed by atoms with van der Waals surface area (Å²) in [5.74, 6) is 2.37. The van der Waals surface area contributed by atoms with Crippen LogP contribution in [0.2, 0.25) is 0 Å². The van der Waals surface area contributed by atoms with Crippen molar-refractivity contribution in [1.29, 1.82) is 0 Å². The molecule has 15 heavy (non-hydrogen) atoms. The average molecular weight is 204 g/mol. The van der Waals surface area contributed by atoms with Gasteiger partial charge in [0.1, 0.15) is 5.78 Å². The summed E-state index contributed by atoms with van der Waals surface area (Å²) in [4.78, 5) is 11.2. The van der Waals surface area contributed by atoms with Gasteiger partial charge in [0.05, 0.1) is 0 Å². The van der Waals surface area contributed by atoms with Gasteiger partial charge in [0.2, 0.25) is 6.79 Å². The molecule has 0 N–H and O–H groups in total. The van der Waals surface area contributed by atoms with Gasteiger partial charge in [-0.2, -0.15) is 0 Å². The summed E-state index contributed by atoms with van der Waals surface area (Å²) < 4.78 is 10.6. The minimum Gasteiger partial charge on any atom is -0.454 e. The number of fused-ring (bicyclic) bond motifs is 1. The lowest BCUT2D eigenvalue weighted by atomic mass is 9.97. The van der Waals surface area contributed by atoms with Crippen molar-refractivity contribution in [1.82, 2.24) is 0 Å². The lowest BCUT2D eigenvalue weighted by Crippen LogP contribution is -1.94. The van der Waals surface area contributed by atoms with E-state index in [0.717, 1.165) is 24.3 Å². The molecular formula is C12H12O3. The number of hydrogen-bond acceptors (Lipinski definition) is 3. The van der Waals surface area contributed by atoms with Crippen molar-refractivity contribution in [3.8, 4) is 11.5 Å². The van der Waals surface area contributed by atoms with Crippen molar-refractivity contribution < 1.29 is 14.3 Å². The van der Waals surface area contributed by atoms with Crippen LogP contribution in [0, 0.1) is 0 Å². The molecule has 0 aromatic heterocycles. The largest absolute Gasteiger partial charge is 0.454 e. The topological polar surface area (TPSA) is 35.5 Å². The molecule has 1 fully saturated rings. The Morgan fingerprint density at radius 3 is 2.87 bits per heavy atom. The number of hydrogen-bond donors (Lipinski definition) is 0. The minimum absolute atomic E-state index is 0.308. The highest BCUT2D eigenvalue weighted by Crippen LogP contribution is 2.38. The third-order valence-electron chi connectivity index (χ3n) is 3.11. The lowest BCUT2D eigenvalue weighted by Gasteiger charge is -2.08. The summed E-state index contributed by atoms with van der Waals surface area (Å²) in [5.41, 5.74) is 1.20. The van der Waals surface area contributed by atoms with E-state index in [9.17, 15) is 4.79 Å². The zero-order chi connectivity index (χ0) is 10.3. The molecule has 2 aliphatic rings. The van der Waals surface area contributed by atoms with E-state index in [1.165, 1.54) is 5.56 Å². The third-order valence-corrected chi connectivity index (χ3v) is 3.11. The lowest BCUT2D eigenvalue weighted by molar-refractivity contribution is -0.117. The van der Waals surface area contributed by atoms with Crippen molar-refractivity contribution in [2.45, 2.75) is 25.2 Å². The van der Waals surface area contributed by atoms with Crippen molar-refractivity contribution in [2.24, 2.45) is 0 Å². The number of carbonyl (C=O) groups excluding carboxylic acids is 1. The molecule has 0 saturated heterocycles. The van der Waals surface area contributed by atoms with E-state index in [1.54, 1.807) is 0 Å². The highest BCUT2D eigenvalue weighted by molar-refractivity contribution is 5.81. The van der Waals surface area contributed by atoms with Crippen LogP contribution in [0.4, 0.5) is 0 Å². The molecule has 1 aliphatic carbocycles. The van der Waals surface area contributed by atoms with Gasteiger partial charge in [-0.15, -0.1) is 0 Å². The molecule has 3 nitrogen and oxygen atoms in total. The van der Waals surface area contributed by atoms with E-state index in [1.807, 2.05) is 18.2 Å². The first-order valence-electron chi connectivity index (χ1n) is 5.24. The van der Waals surface area contributed by atoms with Crippen molar-refractivity contribution in [3.63, 3.8) is 0 Å². The van der Waals surface area contributed by atoms with Crippen LogP contribution in [-0.4, -0.2) is 12.6 Å². The second-order valence-corrected chi connectivity index (χ2v) is 4.09. The van der Waals surface area contributed by atoms with E-state index >= 15 is 0 Å². The number of ether oxygens (including phenoxy) is 2. The SMILES string of the molecule is O=C1CC[C@@H](c2ccc3c(c2)OCO3)C1. The number of carbonyl (C=O) groups is 1. The molecule has 0 radical (unpaired) electrons. The molecular weight excluding hydrogens is 192 g/mol. The summed E-state index contributed by atoms with van der Waals surface area (Å²) >= 11 is 0. The Morgan fingerprint density at radius 1 is 1.20 bits per heavy atom. The second kappa shape index (κ2) is 3.26. The minimum atomic E-state index is 0.308. The second-order valence-electron chi connectivity index (χ2n) is 4.09. The van der Waals surface area contributed by atoms with E-state index in [2.05, 4.69) is 0 Å². The van der Waals surface area contributed by atoms with Gasteiger partial charge >= 0.3 is 0 Å². The fourth-order valence-corrected chi connectivity index (χ4v) is 2.27. The van der Waals surface area contributed by atoms with Crippen LogP contribution in [0.3, 0.4) is 0 Å². The Morgan fingerprint density at radius 2 is 2.07 bits per heavy atom. The molecule has 78 valence electrons. The molecule has 1 aliphatic heterocycles. The molecule has 1 atom stereocenters. The van der Waals surface area contributed by atoms with Gasteiger partial charge < -0.3 is 9.47 Å². The first-order chi connectivity index (χ1) is 7.33. The molecule has 0 bridgehead atoms. The standard InChI is InChI=1S/C12H12O3/c13-10-3-1-8(5-10)9-2-4-11-12(6-9)15-7-14-11/h2,4,6,8H,1,3,5,7H2/t8-/m1/s1. The number of benzene rings is 1. The van der Waals surface area contributed by atoms with Crippen molar-refractivity contribution >= 4 is 5.78 Å². The quantitative estimate of drug-likeness (QED) is 0.703. The predicted molar refractivity (Wildman–Crippen MR) is 54.2 cm³/mol. The molecule has 0 spiro atoms. The first kappa shape index (κ1) is 8.77. The summed E-state index contributed by atoms with van der Waals surface area (Å²) in [7, 11) is 0. The highest BCUT2D eigenvalue weighted by Gasteiger charge is 2.25. The first-order valence-corrected chi connectivity index (χ1v) is 5.24. The fraction of sp³-hybridized carbons (Fsp3) is 0.417. The molecule has 3 rings (SSSR count). The van der Waals surface area contributed by atoms with E-state index in [4.69, 9.17) is 9.47 Å². The van der Waals surface area contributed by atoms with Gasteiger partial charge in [0, 0.05) is 12.8 Å². The zero-order valence-electron chi connectivity index (χ0n) is 8.36. The summed E-state index contributed by atoms with van der Waals surface area (Å²) in [5, 5.41) is 0. The molecule has 1 aromatic rings. The Hall–Kier alpha value is -1.51. The van der Waals surface area contributed by atoms with E-state index in [-0.39, 0.29) is 0 Å². The molecule has 0 unspecified atom stereocenters. The number of ketones is 1. The zero-order valence-corrected chi connectivity index (χ0v) is 8.36. The summed E-state index contributed by atoms with van der Waals surface area (Å²) in [6, 6.07) is 5.98. The Balaban J connectivity index is 1.89. The molecule has 3 heteroatoms. The summed E-state index contributed by atoms with van der Waals surface area (Å²) in [6.07, 6.45) is 2.37. The van der Waals surface area contributed by atoms with Gasteiger partial charge in [-0.3, -0.25) is 4.79 Å². The molecule has 0 amide bonds. The fourth-order valence-electron chi connectivity index (χ4n) is 2.27. The van der Waals surface area contributed by atoms with Crippen LogP contribution >= 0.6 is 0 Å². The number of Topliss-reactive ketones (excluding diaryl/α,β-unsaturated/α-hetero) is 1. The average Bonchev–Trinajstić information content (AvgIpc) is 2.84.